The monoisotopic (exact) mass is 256 g/mol. The summed E-state index contributed by atoms with van der Waals surface area (Å²) in [6, 6.07) is 6.24. The summed E-state index contributed by atoms with van der Waals surface area (Å²) >= 11 is 0. The molecule has 19 heavy (non-hydrogen) atoms. The van der Waals surface area contributed by atoms with Gasteiger partial charge in [0.05, 0.1) is 6.20 Å². The van der Waals surface area contributed by atoms with Crippen LogP contribution in [0.25, 0.3) is 0 Å². The number of hydrogen-bond acceptors (Lipinski definition) is 3. The van der Waals surface area contributed by atoms with E-state index in [-0.39, 0.29) is 0 Å². The van der Waals surface area contributed by atoms with Gasteiger partial charge in [-0.05, 0) is 62.2 Å². The standard InChI is InChI=1S/C16H20N2O/c1-11-5-12(2)13(3)16(6-11)19-15-7-14(8-17-4)9-18-10-15/h5-7,9-10,17H,8H2,1-4H3. The molecule has 1 heterocycles. The van der Waals surface area contributed by atoms with Crippen LogP contribution < -0.4 is 10.1 Å². The van der Waals surface area contributed by atoms with Crippen LogP contribution in [0.1, 0.15) is 22.3 Å². The predicted octanol–water partition coefficient (Wildman–Crippen LogP) is 3.52. The lowest BCUT2D eigenvalue weighted by Crippen LogP contribution is -2.05. The summed E-state index contributed by atoms with van der Waals surface area (Å²) in [7, 11) is 1.92. The average molecular weight is 256 g/mol. The number of rotatable bonds is 4. The molecule has 2 rings (SSSR count). The van der Waals surface area contributed by atoms with Crippen molar-refractivity contribution >= 4 is 0 Å². The van der Waals surface area contributed by atoms with Crippen molar-refractivity contribution in [2.45, 2.75) is 27.3 Å². The van der Waals surface area contributed by atoms with E-state index in [1.165, 1.54) is 16.7 Å². The summed E-state index contributed by atoms with van der Waals surface area (Å²) in [4.78, 5) is 4.21. The quantitative estimate of drug-likeness (QED) is 0.908. The first-order valence-corrected chi connectivity index (χ1v) is 6.44. The van der Waals surface area contributed by atoms with Crippen molar-refractivity contribution in [3.63, 3.8) is 0 Å². The lowest BCUT2D eigenvalue weighted by atomic mass is 10.1. The fourth-order valence-electron chi connectivity index (χ4n) is 2.05. The van der Waals surface area contributed by atoms with Crippen LogP contribution in [-0.2, 0) is 6.54 Å². The van der Waals surface area contributed by atoms with Crippen molar-refractivity contribution in [1.29, 1.82) is 0 Å². The van der Waals surface area contributed by atoms with Crippen molar-refractivity contribution in [2.24, 2.45) is 0 Å². The van der Waals surface area contributed by atoms with Crippen molar-refractivity contribution < 1.29 is 4.74 Å². The number of nitrogens with one attached hydrogen (secondary N) is 1. The van der Waals surface area contributed by atoms with Crippen LogP contribution in [0.4, 0.5) is 0 Å². The molecule has 1 N–H and O–H groups in total. The summed E-state index contributed by atoms with van der Waals surface area (Å²) in [6.45, 7) is 7.05. The Morgan fingerprint density at radius 1 is 1.11 bits per heavy atom. The van der Waals surface area contributed by atoms with Crippen LogP contribution >= 0.6 is 0 Å². The third-order valence-electron chi connectivity index (χ3n) is 3.14. The highest BCUT2D eigenvalue weighted by molar-refractivity contribution is 5.44. The van der Waals surface area contributed by atoms with Gasteiger partial charge in [0.25, 0.3) is 0 Å². The zero-order valence-electron chi connectivity index (χ0n) is 11.9. The average Bonchev–Trinajstić information content (AvgIpc) is 2.36. The number of nitrogens with zero attached hydrogens (tertiary/aromatic N) is 1. The van der Waals surface area contributed by atoms with E-state index in [0.717, 1.165) is 23.6 Å². The minimum Gasteiger partial charge on any atom is -0.455 e. The van der Waals surface area contributed by atoms with E-state index in [9.17, 15) is 0 Å². The predicted molar refractivity (Wildman–Crippen MR) is 77.7 cm³/mol. The number of ether oxygens (including phenoxy) is 1. The third kappa shape index (κ3) is 3.32. The Bertz CT molecular complexity index is 579. The molecule has 0 aliphatic carbocycles. The van der Waals surface area contributed by atoms with Crippen LogP contribution in [0.5, 0.6) is 11.5 Å². The van der Waals surface area contributed by atoms with Gasteiger partial charge in [-0.2, -0.15) is 0 Å². The van der Waals surface area contributed by atoms with Crippen LogP contribution in [0.2, 0.25) is 0 Å². The Morgan fingerprint density at radius 2 is 1.89 bits per heavy atom. The van der Waals surface area contributed by atoms with Gasteiger partial charge in [-0.25, -0.2) is 0 Å². The second kappa shape index (κ2) is 5.85. The normalized spacial score (nSPS) is 10.5. The molecule has 0 unspecified atom stereocenters. The first kappa shape index (κ1) is 13.6. The van der Waals surface area contributed by atoms with Crippen molar-refractivity contribution in [3.05, 3.63) is 52.8 Å². The van der Waals surface area contributed by atoms with Gasteiger partial charge in [0, 0.05) is 12.7 Å². The molecular formula is C16H20N2O. The highest BCUT2D eigenvalue weighted by Crippen LogP contribution is 2.28. The summed E-state index contributed by atoms with van der Waals surface area (Å²) in [6.07, 6.45) is 3.59. The minimum absolute atomic E-state index is 0.779. The largest absolute Gasteiger partial charge is 0.455 e. The molecule has 0 aliphatic rings. The Kier molecular flexibility index (Phi) is 4.17. The topological polar surface area (TPSA) is 34.2 Å². The lowest BCUT2D eigenvalue weighted by Gasteiger charge is -2.12. The Hall–Kier alpha value is -1.87. The molecule has 0 fully saturated rings. The molecular weight excluding hydrogens is 236 g/mol. The molecule has 0 radical (unpaired) electrons. The van der Waals surface area contributed by atoms with E-state index in [1.807, 2.05) is 19.3 Å². The third-order valence-corrected chi connectivity index (χ3v) is 3.14. The summed E-state index contributed by atoms with van der Waals surface area (Å²) < 4.78 is 5.97. The Morgan fingerprint density at radius 3 is 2.63 bits per heavy atom. The van der Waals surface area contributed by atoms with Gasteiger partial charge in [-0.1, -0.05) is 6.07 Å². The SMILES string of the molecule is CNCc1cncc(Oc2cc(C)cc(C)c2C)c1. The maximum Gasteiger partial charge on any atom is 0.146 e. The first-order chi connectivity index (χ1) is 9.10. The van der Waals surface area contributed by atoms with E-state index in [4.69, 9.17) is 4.74 Å². The Balaban J connectivity index is 2.28. The maximum absolute atomic E-state index is 5.97. The zero-order chi connectivity index (χ0) is 13.8. The fourth-order valence-corrected chi connectivity index (χ4v) is 2.05. The van der Waals surface area contributed by atoms with Gasteiger partial charge in [0.1, 0.15) is 11.5 Å². The molecule has 2 aromatic rings. The van der Waals surface area contributed by atoms with Gasteiger partial charge < -0.3 is 10.1 Å². The molecule has 0 saturated heterocycles. The maximum atomic E-state index is 5.97. The van der Waals surface area contributed by atoms with Gasteiger partial charge in [0.15, 0.2) is 0 Å². The second-order valence-corrected chi connectivity index (χ2v) is 4.87. The minimum atomic E-state index is 0.779. The number of benzene rings is 1. The molecule has 3 nitrogen and oxygen atoms in total. The number of aryl methyl sites for hydroxylation is 2. The highest BCUT2D eigenvalue weighted by Gasteiger charge is 2.06. The molecule has 1 aromatic carbocycles. The van der Waals surface area contributed by atoms with E-state index < -0.39 is 0 Å². The molecule has 0 atom stereocenters. The van der Waals surface area contributed by atoms with E-state index >= 15 is 0 Å². The highest BCUT2D eigenvalue weighted by atomic mass is 16.5. The Labute approximate surface area is 114 Å². The molecule has 0 aliphatic heterocycles. The van der Waals surface area contributed by atoms with Crippen LogP contribution in [-0.4, -0.2) is 12.0 Å². The van der Waals surface area contributed by atoms with E-state index in [1.54, 1.807) is 6.20 Å². The molecule has 0 bridgehead atoms. The smallest absolute Gasteiger partial charge is 0.146 e. The van der Waals surface area contributed by atoms with Gasteiger partial charge in [-0.15, -0.1) is 0 Å². The van der Waals surface area contributed by atoms with Crippen LogP contribution in [0.3, 0.4) is 0 Å². The number of pyridine rings is 1. The van der Waals surface area contributed by atoms with Crippen molar-refractivity contribution in [1.82, 2.24) is 10.3 Å². The molecule has 3 heteroatoms. The molecule has 0 amide bonds. The summed E-state index contributed by atoms with van der Waals surface area (Å²) in [5.74, 6) is 1.68. The molecule has 0 saturated carbocycles. The van der Waals surface area contributed by atoms with Gasteiger partial charge in [-0.3, -0.25) is 4.98 Å². The number of hydrogen-bond donors (Lipinski definition) is 1. The zero-order valence-corrected chi connectivity index (χ0v) is 11.9. The number of aromatic nitrogens is 1. The van der Waals surface area contributed by atoms with Crippen LogP contribution in [0.15, 0.2) is 30.6 Å². The van der Waals surface area contributed by atoms with Crippen molar-refractivity contribution in [3.8, 4) is 11.5 Å². The molecule has 100 valence electrons. The lowest BCUT2D eigenvalue weighted by molar-refractivity contribution is 0.474. The molecule has 1 aromatic heterocycles. The van der Waals surface area contributed by atoms with Gasteiger partial charge in [0.2, 0.25) is 0 Å². The first-order valence-electron chi connectivity index (χ1n) is 6.44. The molecule has 0 spiro atoms. The summed E-state index contributed by atoms with van der Waals surface area (Å²) in [5, 5.41) is 3.11. The van der Waals surface area contributed by atoms with Crippen molar-refractivity contribution in [2.75, 3.05) is 7.05 Å². The van der Waals surface area contributed by atoms with Gasteiger partial charge >= 0.3 is 0 Å². The van der Waals surface area contributed by atoms with E-state index in [0.29, 0.717) is 0 Å². The fraction of sp³-hybridized carbons (Fsp3) is 0.312. The van der Waals surface area contributed by atoms with Crippen LogP contribution in [0, 0.1) is 20.8 Å². The summed E-state index contributed by atoms with van der Waals surface area (Å²) in [5.41, 5.74) is 4.73. The van der Waals surface area contributed by atoms with E-state index in [2.05, 4.69) is 43.2 Å². The second-order valence-electron chi connectivity index (χ2n) is 4.87.